The molecule has 0 aliphatic carbocycles. The normalized spacial score (nSPS) is 11.9. The van der Waals surface area contributed by atoms with Gasteiger partial charge in [0.15, 0.2) is 5.78 Å². The van der Waals surface area contributed by atoms with Crippen LogP contribution in [0.4, 0.5) is 18.0 Å². The maximum atomic E-state index is 13.0. The highest BCUT2D eigenvalue weighted by Crippen LogP contribution is 2.30. The lowest BCUT2D eigenvalue weighted by Crippen LogP contribution is -2.34. The summed E-state index contributed by atoms with van der Waals surface area (Å²) in [5, 5.41) is 14.8. The van der Waals surface area contributed by atoms with Crippen LogP contribution in [0.3, 0.4) is 0 Å². The number of Topliss-reactive ketones (excluding diaryl/α,β-unsaturated/α-hetero) is 1. The van der Waals surface area contributed by atoms with Crippen molar-refractivity contribution in [3.63, 3.8) is 0 Å². The number of aryl methyl sites for hydroxylation is 1. The smallest absolute Gasteiger partial charge is 0.416 e. The van der Waals surface area contributed by atoms with Crippen LogP contribution in [0.2, 0.25) is 0 Å². The molecule has 0 bridgehead atoms. The van der Waals surface area contributed by atoms with Gasteiger partial charge in [-0.05, 0) is 68.2 Å². The lowest BCUT2D eigenvalue weighted by molar-refractivity contribution is -0.137. The average molecular weight is 680 g/mol. The maximum Gasteiger partial charge on any atom is 0.416 e. The van der Waals surface area contributed by atoms with Gasteiger partial charge in [-0.15, -0.1) is 10.2 Å². The van der Waals surface area contributed by atoms with E-state index in [0.717, 1.165) is 17.7 Å². The standard InChI is InChI=1S/C33H44F3N5O7/c1-32(2,3)48-31(43)37-13-15-45-17-19-47-21-20-46-18-16-44-14-5-6-29(42)26-10-9-25(28(23-26)30-38-40-41(4)39-30)22-24-7-11-27(12-8-24)33(34,35)36/h7-12,23H,5-6,13-22H2,1-4H3,(H,37,43). The van der Waals surface area contributed by atoms with E-state index in [4.69, 9.17) is 23.7 Å². The fourth-order valence-electron chi connectivity index (χ4n) is 4.32. The number of hydrogen-bond acceptors (Lipinski definition) is 10. The number of ketones is 1. The van der Waals surface area contributed by atoms with Crippen molar-refractivity contribution >= 4 is 11.9 Å². The summed E-state index contributed by atoms with van der Waals surface area (Å²) in [6.45, 7) is 8.84. The van der Waals surface area contributed by atoms with Crippen LogP contribution in [-0.2, 0) is 43.3 Å². The third kappa shape index (κ3) is 14.5. The fraction of sp³-hybridized carbons (Fsp3) is 0.545. The third-order valence-electron chi connectivity index (χ3n) is 6.58. The van der Waals surface area contributed by atoms with Crippen LogP contribution in [0.15, 0.2) is 42.5 Å². The van der Waals surface area contributed by atoms with E-state index in [-0.39, 0.29) is 12.2 Å². The molecule has 0 aliphatic rings. The number of halogens is 3. The first-order valence-corrected chi connectivity index (χ1v) is 15.7. The topological polar surface area (TPSA) is 136 Å². The molecule has 48 heavy (non-hydrogen) atoms. The van der Waals surface area contributed by atoms with E-state index >= 15 is 0 Å². The predicted octanol–water partition coefficient (Wildman–Crippen LogP) is 5.04. The maximum absolute atomic E-state index is 13.0. The lowest BCUT2D eigenvalue weighted by Gasteiger charge is -2.19. The zero-order valence-corrected chi connectivity index (χ0v) is 27.8. The van der Waals surface area contributed by atoms with E-state index < -0.39 is 23.4 Å². The second kappa shape index (κ2) is 19.2. The number of alkyl carbamates (subject to hydrolysis) is 1. The highest BCUT2D eigenvalue weighted by Gasteiger charge is 2.30. The Morgan fingerprint density at radius 1 is 0.833 bits per heavy atom. The molecule has 12 nitrogen and oxygen atoms in total. The van der Waals surface area contributed by atoms with Gasteiger partial charge in [0.1, 0.15) is 5.60 Å². The number of carbonyl (C=O) groups excluding carboxylic acids is 2. The van der Waals surface area contributed by atoms with E-state index in [1.165, 1.54) is 16.9 Å². The summed E-state index contributed by atoms with van der Waals surface area (Å²) in [5.41, 5.74) is 1.24. The number of nitrogens with one attached hydrogen (secondary N) is 1. The monoisotopic (exact) mass is 679 g/mol. The SMILES string of the molecule is Cn1nnc(-c2cc(C(=O)CCCOCCOCCOCCOCCNC(=O)OC(C)(C)C)ccc2Cc2ccc(C(F)(F)F)cc2)n1. The van der Waals surface area contributed by atoms with Crippen molar-refractivity contribution in [2.75, 3.05) is 59.4 Å². The van der Waals surface area contributed by atoms with Gasteiger partial charge in [-0.1, -0.05) is 24.3 Å². The number of alkyl halides is 3. The van der Waals surface area contributed by atoms with E-state index in [0.29, 0.717) is 94.8 Å². The second-order valence-electron chi connectivity index (χ2n) is 11.8. The summed E-state index contributed by atoms with van der Waals surface area (Å²) < 4.78 is 65.9. The van der Waals surface area contributed by atoms with Gasteiger partial charge in [0.25, 0.3) is 0 Å². The van der Waals surface area contributed by atoms with Crippen LogP contribution in [0.1, 0.15) is 60.7 Å². The summed E-state index contributed by atoms with van der Waals surface area (Å²) in [5.74, 6) is 0.238. The Morgan fingerprint density at radius 3 is 2.00 bits per heavy atom. The number of hydrogen-bond donors (Lipinski definition) is 1. The largest absolute Gasteiger partial charge is 0.444 e. The fourth-order valence-corrected chi connectivity index (χ4v) is 4.32. The van der Waals surface area contributed by atoms with Gasteiger partial charge in [0.05, 0.1) is 58.9 Å². The molecule has 1 heterocycles. The van der Waals surface area contributed by atoms with Crippen molar-refractivity contribution in [3.8, 4) is 11.4 Å². The van der Waals surface area contributed by atoms with Gasteiger partial charge in [-0.25, -0.2) is 4.79 Å². The minimum absolute atomic E-state index is 0.0819. The Balaban J connectivity index is 1.29. The molecule has 0 spiro atoms. The van der Waals surface area contributed by atoms with Crippen molar-refractivity contribution in [1.29, 1.82) is 0 Å². The molecule has 3 rings (SSSR count). The molecule has 0 saturated heterocycles. The molecule has 1 N–H and O–H groups in total. The molecule has 1 aromatic heterocycles. The van der Waals surface area contributed by atoms with Crippen molar-refractivity contribution in [2.24, 2.45) is 7.05 Å². The summed E-state index contributed by atoms with van der Waals surface area (Å²) in [4.78, 5) is 25.8. The minimum Gasteiger partial charge on any atom is -0.444 e. The Labute approximate surface area is 278 Å². The van der Waals surface area contributed by atoms with Gasteiger partial charge < -0.3 is 29.0 Å². The quantitative estimate of drug-likeness (QED) is 0.128. The van der Waals surface area contributed by atoms with Crippen molar-refractivity contribution in [3.05, 3.63) is 64.7 Å². The second-order valence-corrected chi connectivity index (χ2v) is 11.8. The Bertz CT molecular complexity index is 1430. The molecule has 0 unspecified atom stereocenters. The van der Waals surface area contributed by atoms with Crippen LogP contribution in [0.5, 0.6) is 0 Å². The lowest BCUT2D eigenvalue weighted by atomic mass is 9.95. The summed E-state index contributed by atoms with van der Waals surface area (Å²) in [7, 11) is 1.62. The molecule has 0 atom stereocenters. The van der Waals surface area contributed by atoms with Gasteiger partial charge in [-0.2, -0.15) is 18.0 Å². The molecule has 1 amide bonds. The number of aromatic nitrogens is 4. The third-order valence-corrected chi connectivity index (χ3v) is 6.58. The van der Waals surface area contributed by atoms with Gasteiger partial charge in [0, 0.05) is 30.7 Å². The highest BCUT2D eigenvalue weighted by molar-refractivity contribution is 5.97. The molecule has 0 saturated carbocycles. The molecule has 0 fully saturated rings. The summed E-state index contributed by atoms with van der Waals surface area (Å²) in [6, 6.07) is 10.1. The van der Waals surface area contributed by atoms with Crippen molar-refractivity contribution in [2.45, 2.75) is 51.8 Å². The van der Waals surface area contributed by atoms with Crippen LogP contribution in [0, 0.1) is 0 Å². The molecule has 0 radical (unpaired) electrons. The van der Waals surface area contributed by atoms with Crippen LogP contribution in [-0.4, -0.2) is 97.1 Å². The van der Waals surface area contributed by atoms with Crippen LogP contribution in [0.25, 0.3) is 11.4 Å². The molecular weight excluding hydrogens is 635 g/mol. The Hall–Kier alpha value is -3.92. The molecule has 3 aromatic rings. The number of carbonyl (C=O) groups is 2. The predicted molar refractivity (Wildman–Crippen MR) is 170 cm³/mol. The van der Waals surface area contributed by atoms with Gasteiger partial charge in [0.2, 0.25) is 5.82 Å². The number of ether oxygens (including phenoxy) is 5. The van der Waals surface area contributed by atoms with Crippen molar-refractivity contribution < 1.29 is 46.4 Å². The summed E-state index contributed by atoms with van der Waals surface area (Å²) >= 11 is 0. The number of benzene rings is 2. The Morgan fingerprint density at radius 2 is 1.44 bits per heavy atom. The van der Waals surface area contributed by atoms with E-state index in [1.807, 2.05) is 0 Å². The van der Waals surface area contributed by atoms with Crippen LogP contribution >= 0.6 is 0 Å². The summed E-state index contributed by atoms with van der Waals surface area (Å²) in [6.07, 6.45) is -3.78. The molecule has 2 aromatic carbocycles. The molecule has 0 aliphatic heterocycles. The van der Waals surface area contributed by atoms with Gasteiger partial charge in [-0.3, -0.25) is 4.79 Å². The first-order chi connectivity index (χ1) is 22.8. The van der Waals surface area contributed by atoms with E-state index in [9.17, 15) is 22.8 Å². The van der Waals surface area contributed by atoms with Crippen molar-refractivity contribution in [1.82, 2.24) is 25.5 Å². The molecule has 264 valence electrons. The van der Waals surface area contributed by atoms with Gasteiger partial charge >= 0.3 is 12.3 Å². The first kappa shape index (κ1) is 38.5. The molecular formula is C33H44F3N5O7. The first-order valence-electron chi connectivity index (χ1n) is 15.7. The molecule has 15 heteroatoms. The van der Waals surface area contributed by atoms with Crippen LogP contribution < -0.4 is 5.32 Å². The van der Waals surface area contributed by atoms with E-state index in [2.05, 4.69) is 20.7 Å². The zero-order valence-electron chi connectivity index (χ0n) is 27.8. The Kier molecular flexibility index (Phi) is 15.4. The number of nitrogens with zero attached hydrogens (tertiary/aromatic N) is 4. The van der Waals surface area contributed by atoms with E-state index in [1.54, 1.807) is 46.0 Å². The average Bonchev–Trinajstić information content (AvgIpc) is 3.45. The number of tetrazole rings is 1. The minimum atomic E-state index is -4.41. The number of rotatable bonds is 20. The number of amides is 1. The highest BCUT2D eigenvalue weighted by atomic mass is 19.4. The zero-order chi connectivity index (χ0) is 35.0.